The van der Waals surface area contributed by atoms with Gasteiger partial charge in [0.25, 0.3) is 0 Å². The van der Waals surface area contributed by atoms with Gasteiger partial charge in [-0.2, -0.15) is 0 Å². The number of aryl methyl sites for hydroxylation is 1. The van der Waals surface area contributed by atoms with Gasteiger partial charge in [0.15, 0.2) is 0 Å². The van der Waals surface area contributed by atoms with Crippen LogP contribution in [0.1, 0.15) is 44.7 Å². The minimum absolute atomic E-state index is 0.491. The summed E-state index contributed by atoms with van der Waals surface area (Å²) in [5.41, 5.74) is 8.36. The third-order valence-electron chi connectivity index (χ3n) is 3.15. The molecule has 106 valence electrons. The van der Waals surface area contributed by atoms with Crippen molar-refractivity contribution in [3.63, 3.8) is 0 Å². The van der Waals surface area contributed by atoms with Crippen molar-refractivity contribution in [3.8, 4) is 5.75 Å². The lowest BCUT2D eigenvalue weighted by Crippen LogP contribution is -2.14. The predicted molar refractivity (Wildman–Crippen MR) is 85.9 cm³/mol. The SMILES string of the molecule is CCCOc1ccc(CC(C)CC(N)=S)c(CC)c1. The smallest absolute Gasteiger partial charge is 0.119 e. The fraction of sp³-hybridized carbons (Fsp3) is 0.562. The first-order valence-electron chi connectivity index (χ1n) is 7.09. The van der Waals surface area contributed by atoms with Crippen molar-refractivity contribution in [1.82, 2.24) is 0 Å². The molecule has 0 aliphatic rings. The van der Waals surface area contributed by atoms with E-state index in [4.69, 9.17) is 22.7 Å². The number of benzene rings is 1. The Kier molecular flexibility index (Phi) is 6.85. The highest BCUT2D eigenvalue weighted by molar-refractivity contribution is 7.80. The molecule has 19 heavy (non-hydrogen) atoms. The van der Waals surface area contributed by atoms with E-state index in [0.717, 1.165) is 38.0 Å². The summed E-state index contributed by atoms with van der Waals surface area (Å²) >= 11 is 4.98. The maximum Gasteiger partial charge on any atom is 0.119 e. The Morgan fingerprint density at radius 3 is 2.63 bits per heavy atom. The summed E-state index contributed by atoms with van der Waals surface area (Å²) < 4.78 is 5.68. The Hall–Kier alpha value is -1.09. The van der Waals surface area contributed by atoms with Gasteiger partial charge in [-0.15, -0.1) is 0 Å². The number of hydrogen-bond acceptors (Lipinski definition) is 2. The summed E-state index contributed by atoms with van der Waals surface area (Å²) in [7, 11) is 0. The van der Waals surface area contributed by atoms with Gasteiger partial charge in [-0.05, 0) is 48.4 Å². The minimum atomic E-state index is 0.491. The molecule has 0 aliphatic heterocycles. The summed E-state index contributed by atoms with van der Waals surface area (Å²) in [4.78, 5) is 0.605. The first-order valence-corrected chi connectivity index (χ1v) is 7.50. The average Bonchev–Trinajstić information content (AvgIpc) is 2.36. The summed E-state index contributed by atoms with van der Waals surface area (Å²) in [6, 6.07) is 6.41. The first-order chi connectivity index (χ1) is 9.06. The normalized spacial score (nSPS) is 12.2. The van der Waals surface area contributed by atoms with Gasteiger partial charge in [0.05, 0.1) is 11.6 Å². The topological polar surface area (TPSA) is 35.2 Å². The number of ether oxygens (including phenoxy) is 1. The molecular formula is C16H25NOS. The molecule has 0 saturated carbocycles. The molecule has 0 heterocycles. The predicted octanol–water partition coefficient (Wildman–Crippen LogP) is 3.89. The Balaban J connectivity index is 2.75. The van der Waals surface area contributed by atoms with E-state index in [1.165, 1.54) is 11.1 Å². The molecule has 0 saturated heterocycles. The number of nitrogens with two attached hydrogens (primary N) is 1. The van der Waals surface area contributed by atoms with E-state index in [-0.39, 0.29) is 0 Å². The second kappa shape index (κ2) is 8.16. The fourth-order valence-corrected chi connectivity index (χ4v) is 2.52. The molecule has 0 spiro atoms. The van der Waals surface area contributed by atoms with Crippen molar-refractivity contribution in [2.24, 2.45) is 11.7 Å². The van der Waals surface area contributed by atoms with Gasteiger partial charge in [-0.1, -0.05) is 39.1 Å². The molecule has 0 aliphatic carbocycles. The van der Waals surface area contributed by atoms with Gasteiger partial charge in [0, 0.05) is 6.42 Å². The van der Waals surface area contributed by atoms with Crippen LogP contribution in [-0.4, -0.2) is 11.6 Å². The van der Waals surface area contributed by atoms with Gasteiger partial charge in [0.2, 0.25) is 0 Å². The molecule has 1 unspecified atom stereocenters. The molecule has 0 radical (unpaired) electrons. The van der Waals surface area contributed by atoms with Crippen LogP contribution < -0.4 is 10.5 Å². The first kappa shape index (κ1) is 16.0. The summed E-state index contributed by atoms with van der Waals surface area (Å²) in [5, 5.41) is 0. The molecule has 0 amide bonds. The zero-order chi connectivity index (χ0) is 14.3. The number of rotatable bonds is 8. The lowest BCUT2D eigenvalue weighted by atomic mass is 9.93. The molecule has 1 aromatic rings. The minimum Gasteiger partial charge on any atom is -0.494 e. The molecular weight excluding hydrogens is 254 g/mol. The zero-order valence-corrected chi connectivity index (χ0v) is 13.1. The van der Waals surface area contributed by atoms with Crippen LogP contribution in [0, 0.1) is 5.92 Å². The molecule has 2 N–H and O–H groups in total. The van der Waals surface area contributed by atoms with Crippen molar-refractivity contribution < 1.29 is 4.74 Å². The quantitative estimate of drug-likeness (QED) is 0.733. The zero-order valence-electron chi connectivity index (χ0n) is 12.2. The summed E-state index contributed by atoms with van der Waals surface area (Å²) in [5.74, 6) is 1.47. The van der Waals surface area contributed by atoms with E-state index in [1.807, 2.05) is 0 Å². The van der Waals surface area contributed by atoms with E-state index in [9.17, 15) is 0 Å². The van der Waals surface area contributed by atoms with E-state index < -0.39 is 0 Å². The number of hydrogen-bond donors (Lipinski definition) is 1. The maximum absolute atomic E-state index is 5.68. The van der Waals surface area contributed by atoms with Gasteiger partial charge < -0.3 is 10.5 Å². The van der Waals surface area contributed by atoms with Crippen molar-refractivity contribution in [1.29, 1.82) is 0 Å². The van der Waals surface area contributed by atoms with Gasteiger partial charge in [-0.25, -0.2) is 0 Å². The maximum atomic E-state index is 5.68. The van der Waals surface area contributed by atoms with Gasteiger partial charge >= 0.3 is 0 Å². The van der Waals surface area contributed by atoms with Crippen LogP contribution in [0.15, 0.2) is 18.2 Å². The van der Waals surface area contributed by atoms with E-state index in [2.05, 4.69) is 39.0 Å². The third-order valence-corrected chi connectivity index (χ3v) is 3.32. The van der Waals surface area contributed by atoms with E-state index in [0.29, 0.717) is 10.9 Å². The second-order valence-corrected chi connectivity index (χ2v) is 5.64. The number of thiocarbonyl (C=S) groups is 1. The standard InChI is InChI=1S/C16H25NOS/c1-4-8-18-15-7-6-14(13(5-2)11-15)9-12(3)10-16(17)19/h6-7,11-12H,4-5,8-10H2,1-3H3,(H2,17,19). The van der Waals surface area contributed by atoms with Crippen LogP contribution in [-0.2, 0) is 12.8 Å². The van der Waals surface area contributed by atoms with Crippen LogP contribution in [0.4, 0.5) is 0 Å². The molecule has 2 nitrogen and oxygen atoms in total. The molecule has 0 fully saturated rings. The highest BCUT2D eigenvalue weighted by Crippen LogP contribution is 2.22. The van der Waals surface area contributed by atoms with Gasteiger partial charge in [0.1, 0.15) is 5.75 Å². The van der Waals surface area contributed by atoms with Crippen LogP contribution in [0.2, 0.25) is 0 Å². The van der Waals surface area contributed by atoms with Crippen molar-refractivity contribution >= 4 is 17.2 Å². The largest absolute Gasteiger partial charge is 0.494 e. The van der Waals surface area contributed by atoms with Crippen molar-refractivity contribution in [2.45, 2.75) is 46.5 Å². The van der Waals surface area contributed by atoms with Crippen molar-refractivity contribution in [3.05, 3.63) is 29.3 Å². The van der Waals surface area contributed by atoms with Crippen LogP contribution >= 0.6 is 12.2 Å². The highest BCUT2D eigenvalue weighted by atomic mass is 32.1. The lowest BCUT2D eigenvalue weighted by molar-refractivity contribution is 0.317. The Bertz CT molecular complexity index is 417. The molecule has 1 rings (SSSR count). The lowest BCUT2D eigenvalue weighted by Gasteiger charge is -2.15. The Labute approximate surface area is 122 Å². The highest BCUT2D eigenvalue weighted by Gasteiger charge is 2.09. The van der Waals surface area contributed by atoms with E-state index in [1.54, 1.807) is 0 Å². The van der Waals surface area contributed by atoms with Crippen LogP contribution in [0.25, 0.3) is 0 Å². The second-order valence-electron chi connectivity index (χ2n) is 5.11. The van der Waals surface area contributed by atoms with Gasteiger partial charge in [-0.3, -0.25) is 0 Å². The van der Waals surface area contributed by atoms with Crippen LogP contribution in [0.5, 0.6) is 5.75 Å². The molecule has 1 aromatic carbocycles. The molecule has 1 atom stereocenters. The third kappa shape index (κ3) is 5.60. The van der Waals surface area contributed by atoms with Crippen LogP contribution in [0.3, 0.4) is 0 Å². The molecule has 0 bridgehead atoms. The summed E-state index contributed by atoms with van der Waals surface area (Å²) in [6.45, 7) is 7.27. The van der Waals surface area contributed by atoms with E-state index >= 15 is 0 Å². The Morgan fingerprint density at radius 1 is 1.32 bits per heavy atom. The monoisotopic (exact) mass is 279 g/mol. The molecule has 3 heteroatoms. The summed E-state index contributed by atoms with van der Waals surface area (Å²) in [6.07, 6.45) is 3.90. The van der Waals surface area contributed by atoms with Crippen molar-refractivity contribution in [2.75, 3.05) is 6.61 Å². The fourth-order valence-electron chi connectivity index (χ4n) is 2.23. The molecule has 0 aromatic heterocycles. The average molecular weight is 279 g/mol. The Morgan fingerprint density at radius 2 is 2.05 bits per heavy atom.